The minimum absolute atomic E-state index is 0.00505. The summed E-state index contributed by atoms with van der Waals surface area (Å²) in [7, 11) is 0. The van der Waals surface area contributed by atoms with Gasteiger partial charge in [0, 0.05) is 13.1 Å². The number of hydrogen-bond acceptors (Lipinski definition) is 3. The third-order valence-corrected chi connectivity index (χ3v) is 2.81. The third kappa shape index (κ3) is 3.81. The number of amides is 2. The van der Waals surface area contributed by atoms with Gasteiger partial charge in [-0.2, -0.15) is 0 Å². The van der Waals surface area contributed by atoms with E-state index in [9.17, 15) is 9.59 Å². The van der Waals surface area contributed by atoms with Crippen LogP contribution in [0.5, 0.6) is 0 Å². The Bertz CT molecular complexity index is 250. The van der Waals surface area contributed by atoms with Crippen molar-refractivity contribution in [1.82, 2.24) is 10.2 Å². The zero-order valence-electron chi connectivity index (χ0n) is 9.87. The Morgan fingerprint density at radius 1 is 1.38 bits per heavy atom. The fourth-order valence-electron chi connectivity index (χ4n) is 1.81. The molecule has 1 fully saturated rings. The number of nitrogens with zero attached hydrogens (tertiary/aromatic N) is 1. The van der Waals surface area contributed by atoms with Crippen molar-refractivity contribution >= 4 is 11.8 Å². The van der Waals surface area contributed by atoms with Gasteiger partial charge in [0.05, 0.1) is 12.6 Å². The second kappa shape index (κ2) is 6.48. The first-order valence-corrected chi connectivity index (χ1v) is 5.96. The molecule has 0 radical (unpaired) electrons. The standard InChI is InChI=1S/C11H21N3O2/c1-2-5-9(12)11(16)13-8-10(15)14-6-3-4-7-14/h9H,2-8,12H2,1H3,(H,13,16)/t9-/m0/s1. The van der Waals surface area contributed by atoms with Crippen molar-refractivity contribution in [2.24, 2.45) is 5.73 Å². The van der Waals surface area contributed by atoms with Crippen molar-refractivity contribution in [3.8, 4) is 0 Å². The third-order valence-electron chi connectivity index (χ3n) is 2.81. The quantitative estimate of drug-likeness (QED) is 0.686. The van der Waals surface area contributed by atoms with Gasteiger partial charge in [-0.15, -0.1) is 0 Å². The van der Waals surface area contributed by atoms with Gasteiger partial charge in [-0.05, 0) is 19.3 Å². The summed E-state index contributed by atoms with van der Waals surface area (Å²) < 4.78 is 0. The molecule has 1 aliphatic rings. The van der Waals surface area contributed by atoms with E-state index in [1.165, 1.54) is 0 Å². The highest BCUT2D eigenvalue weighted by Gasteiger charge is 2.19. The fourth-order valence-corrected chi connectivity index (χ4v) is 1.81. The highest BCUT2D eigenvalue weighted by atomic mass is 16.2. The van der Waals surface area contributed by atoms with Crippen molar-refractivity contribution in [1.29, 1.82) is 0 Å². The van der Waals surface area contributed by atoms with E-state index in [0.29, 0.717) is 6.42 Å². The SMILES string of the molecule is CCC[C@H](N)C(=O)NCC(=O)N1CCCC1. The van der Waals surface area contributed by atoms with Crippen LogP contribution in [0.2, 0.25) is 0 Å². The summed E-state index contributed by atoms with van der Waals surface area (Å²) in [4.78, 5) is 24.8. The summed E-state index contributed by atoms with van der Waals surface area (Å²) >= 11 is 0. The van der Waals surface area contributed by atoms with Crippen LogP contribution in [0.3, 0.4) is 0 Å². The first kappa shape index (κ1) is 13.0. The van der Waals surface area contributed by atoms with E-state index in [0.717, 1.165) is 32.4 Å². The molecular weight excluding hydrogens is 206 g/mol. The van der Waals surface area contributed by atoms with Crippen molar-refractivity contribution < 1.29 is 9.59 Å². The molecule has 0 unspecified atom stereocenters. The Morgan fingerprint density at radius 2 is 2.00 bits per heavy atom. The van der Waals surface area contributed by atoms with Crippen LogP contribution in [-0.2, 0) is 9.59 Å². The van der Waals surface area contributed by atoms with Crippen LogP contribution in [0.25, 0.3) is 0 Å². The van der Waals surface area contributed by atoms with Crippen LogP contribution in [-0.4, -0.2) is 42.4 Å². The Kier molecular flexibility index (Phi) is 5.25. The lowest BCUT2D eigenvalue weighted by molar-refractivity contribution is -0.132. The molecular formula is C11H21N3O2. The summed E-state index contributed by atoms with van der Waals surface area (Å²) in [6, 6.07) is -0.489. The van der Waals surface area contributed by atoms with Crippen LogP contribution < -0.4 is 11.1 Å². The second-order valence-electron chi connectivity index (χ2n) is 4.20. The molecule has 1 aliphatic heterocycles. The molecule has 16 heavy (non-hydrogen) atoms. The van der Waals surface area contributed by atoms with E-state index >= 15 is 0 Å². The lowest BCUT2D eigenvalue weighted by atomic mass is 10.2. The minimum Gasteiger partial charge on any atom is -0.346 e. The number of nitrogens with two attached hydrogens (primary N) is 1. The van der Waals surface area contributed by atoms with Crippen molar-refractivity contribution in [2.75, 3.05) is 19.6 Å². The van der Waals surface area contributed by atoms with E-state index < -0.39 is 6.04 Å². The maximum absolute atomic E-state index is 11.6. The largest absolute Gasteiger partial charge is 0.346 e. The molecule has 3 N–H and O–H groups in total. The van der Waals surface area contributed by atoms with Crippen LogP contribution >= 0.6 is 0 Å². The molecule has 2 amide bonds. The number of likely N-dealkylation sites (tertiary alicyclic amines) is 1. The Labute approximate surface area is 96.4 Å². The molecule has 0 bridgehead atoms. The maximum atomic E-state index is 11.6. The number of nitrogens with one attached hydrogen (secondary N) is 1. The van der Waals surface area contributed by atoms with Crippen molar-refractivity contribution in [3.63, 3.8) is 0 Å². The average Bonchev–Trinajstić information content (AvgIpc) is 2.79. The van der Waals surface area contributed by atoms with Gasteiger partial charge < -0.3 is 16.0 Å². The summed E-state index contributed by atoms with van der Waals surface area (Å²) in [5, 5.41) is 2.59. The smallest absolute Gasteiger partial charge is 0.241 e. The Hall–Kier alpha value is -1.10. The van der Waals surface area contributed by atoms with E-state index in [1.54, 1.807) is 4.90 Å². The molecule has 1 heterocycles. The van der Waals surface area contributed by atoms with Gasteiger partial charge in [-0.1, -0.05) is 13.3 Å². The number of hydrogen-bond donors (Lipinski definition) is 2. The van der Waals surface area contributed by atoms with E-state index in [4.69, 9.17) is 5.73 Å². The monoisotopic (exact) mass is 227 g/mol. The summed E-state index contributed by atoms with van der Waals surface area (Å²) in [5.74, 6) is -0.232. The molecule has 0 aliphatic carbocycles. The maximum Gasteiger partial charge on any atom is 0.241 e. The fraction of sp³-hybridized carbons (Fsp3) is 0.818. The topological polar surface area (TPSA) is 75.4 Å². The molecule has 5 heteroatoms. The molecule has 1 saturated heterocycles. The summed E-state index contributed by atoms with van der Waals surface area (Å²) in [6.07, 6.45) is 3.66. The van der Waals surface area contributed by atoms with E-state index in [-0.39, 0.29) is 18.4 Å². The molecule has 0 saturated carbocycles. The highest BCUT2D eigenvalue weighted by Crippen LogP contribution is 2.06. The number of carbonyl (C=O) groups excluding carboxylic acids is 2. The molecule has 0 spiro atoms. The van der Waals surface area contributed by atoms with Crippen LogP contribution in [0.4, 0.5) is 0 Å². The predicted molar refractivity (Wildman–Crippen MR) is 61.7 cm³/mol. The van der Waals surface area contributed by atoms with Crippen LogP contribution in [0.15, 0.2) is 0 Å². The number of carbonyl (C=O) groups is 2. The van der Waals surface area contributed by atoms with Gasteiger partial charge >= 0.3 is 0 Å². The van der Waals surface area contributed by atoms with Crippen LogP contribution in [0, 0.1) is 0 Å². The second-order valence-corrected chi connectivity index (χ2v) is 4.20. The summed E-state index contributed by atoms with van der Waals surface area (Å²) in [5.41, 5.74) is 5.63. The highest BCUT2D eigenvalue weighted by molar-refractivity contribution is 5.87. The first-order valence-electron chi connectivity index (χ1n) is 5.96. The molecule has 0 aromatic carbocycles. The van der Waals surface area contributed by atoms with Crippen molar-refractivity contribution in [2.45, 2.75) is 38.6 Å². The molecule has 0 aromatic heterocycles. The van der Waals surface area contributed by atoms with Gasteiger partial charge in [-0.3, -0.25) is 9.59 Å². The molecule has 92 valence electrons. The van der Waals surface area contributed by atoms with Gasteiger partial charge in [0.2, 0.25) is 11.8 Å². The molecule has 0 aromatic rings. The van der Waals surface area contributed by atoms with Gasteiger partial charge in [0.1, 0.15) is 0 Å². The number of rotatable bonds is 5. The normalized spacial score (nSPS) is 17.2. The molecule has 1 atom stereocenters. The lowest BCUT2D eigenvalue weighted by Crippen LogP contribution is -2.45. The Balaban J connectivity index is 2.22. The minimum atomic E-state index is -0.489. The zero-order chi connectivity index (χ0) is 12.0. The average molecular weight is 227 g/mol. The van der Waals surface area contributed by atoms with Gasteiger partial charge in [0.15, 0.2) is 0 Å². The first-order chi connectivity index (χ1) is 7.65. The molecule has 1 rings (SSSR count). The van der Waals surface area contributed by atoms with E-state index in [1.807, 2.05) is 6.92 Å². The van der Waals surface area contributed by atoms with Crippen molar-refractivity contribution in [3.05, 3.63) is 0 Å². The lowest BCUT2D eigenvalue weighted by Gasteiger charge is -2.16. The van der Waals surface area contributed by atoms with E-state index in [2.05, 4.69) is 5.32 Å². The van der Waals surface area contributed by atoms with Gasteiger partial charge in [-0.25, -0.2) is 0 Å². The van der Waals surface area contributed by atoms with Gasteiger partial charge in [0.25, 0.3) is 0 Å². The Morgan fingerprint density at radius 3 is 2.56 bits per heavy atom. The summed E-state index contributed by atoms with van der Waals surface area (Å²) in [6.45, 7) is 3.68. The van der Waals surface area contributed by atoms with Crippen LogP contribution in [0.1, 0.15) is 32.6 Å². The predicted octanol–water partition coefficient (Wildman–Crippen LogP) is -0.148. The zero-order valence-corrected chi connectivity index (χ0v) is 9.87. The molecule has 5 nitrogen and oxygen atoms in total.